The molecule has 0 radical (unpaired) electrons. The van der Waals surface area contributed by atoms with E-state index in [2.05, 4.69) is 5.32 Å². The van der Waals surface area contributed by atoms with Crippen molar-refractivity contribution >= 4 is 17.3 Å². The fraction of sp³-hybridized carbons (Fsp3) is 0.0714. The second-order valence-corrected chi connectivity index (χ2v) is 4.23. The summed E-state index contributed by atoms with van der Waals surface area (Å²) in [6.07, 6.45) is 0. The first-order valence-corrected chi connectivity index (χ1v) is 5.64. The summed E-state index contributed by atoms with van der Waals surface area (Å²) in [7, 11) is 0. The van der Waals surface area contributed by atoms with Crippen LogP contribution in [-0.2, 0) is 0 Å². The molecule has 3 nitrogen and oxygen atoms in total. The Kier molecular flexibility index (Phi) is 3.65. The van der Waals surface area contributed by atoms with Crippen LogP contribution in [-0.4, -0.2) is 11.1 Å². The molecule has 0 spiro atoms. The van der Waals surface area contributed by atoms with Crippen LogP contribution in [0.25, 0.3) is 0 Å². The van der Waals surface area contributed by atoms with Gasteiger partial charge in [0.05, 0.1) is 16.9 Å². The molecule has 0 amide bonds. The van der Waals surface area contributed by atoms with Crippen LogP contribution in [0.15, 0.2) is 30.3 Å². The van der Waals surface area contributed by atoms with Gasteiger partial charge in [-0.1, -0.05) is 6.07 Å². The highest BCUT2D eigenvalue weighted by Crippen LogP contribution is 2.26. The summed E-state index contributed by atoms with van der Waals surface area (Å²) in [4.78, 5) is 11.0. The van der Waals surface area contributed by atoms with Crippen molar-refractivity contribution in [1.82, 2.24) is 0 Å². The zero-order chi connectivity index (χ0) is 14.9. The van der Waals surface area contributed by atoms with Gasteiger partial charge in [-0.15, -0.1) is 0 Å². The zero-order valence-corrected chi connectivity index (χ0v) is 10.4. The first-order chi connectivity index (χ1) is 9.38. The molecule has 2 N–H and O–H groups in total. The molecule has 0 saturated carbocycles. The lowest BCUT2D eigenvalue weighted by Gasteiger charge is -2.11. The summed E-state index contributed by atoms with van der Waals surface area (Å²) < 4.78 is 39.9. The number of carboxylic acid groups (broad SMARTS) is 1. The lowest BCUT2D eigenvalue weighted by Crippen LogP contribution is -2.06. The van der Waals surface area contributed by atoms with Crippen molar-refractivity contribution in [2.75, 3.05) is 5.32 Å². The van der Waals surface area contributed by atoms with Crippen LogP contribution in [0.4, 0.5) is 24.5 Å². The Morgan fingerprint density at radius 3 is 2.25 bits per heavy atom. The number of hydrogen-bond donors (Lipinski definition) is 2. The van der Waals surface area contributed by atoms with Gasteiger partial charge in [-0.2, -0.15) is 0 Å². The molecule has 0 aromatic heterocycles. The number of hydrogen-bond acceptors (Lipinski definition) is 2. The summed E-state index contributed by atoms with van der Waals surface area (Å²) in [6.45, 7) is 1.69. The van der Waals surface area contributed by atoms with Gasteiger partial charge in [0.1, 0.15) is 5.82 Å². The normalized spacial score (nSPS) is 10.4. The molecule has 0 saturated heterocycles. The fourth-order valence-electron chi connectivity index (χ4n) is 1.69. The van der Waals surface area contributed by atoms with E-state index in [-0.39, 0.29) is 11.4 Å². The third kappa shape index (κ3) is 2.74. The van der Waals surface area contributed by atoms with Crippen molar-refractivity contribution in [1.29, 1.82) is 0 Å². The van der Waals surface area contributed by atoms with Crippen LogP contribution in [0.3, 0.4) is 0 Å². The summed E-state index contributed by atoms with van der Waals surface area (Å²) in [5, 5.41) is 11.4. The number of aryl methyl sites for hydroxylation is 1. The number of benzene rings is 2. The quantitative estimate of drug-likeness (QED) is 0.898. The van der Waals surface area contributed by atoms with Gasteiger partial charge in [0.2, 0.25) is 0 Å². The maximum Gasteiger partial charge on any atom is 0.337 e. The highest BCUT2D eigenvalue weighted by molar-refractivity contribution is 5.95. The van der Waals surface area contributed by atoms with E-state index in [1.807, 2.05) is 0 Å². The summed E-state index contributed by atoms with van der Waals surface area (Å²) in [5.41, 5.74) is -0.0519. The van der Waals surface area contributed by atoms with Gasteiger partial charge in [0, 0.05) is 6.07 Å². The number of rotatable bonds is 3. The third-order valence-corrected chi connectivity index (χ3v) is 2.68. The predicted octanol–water partition coefficient (Wildman–Crippen LogP) is 3.85. The summed E-state index contributed by atoms with van der Waals surface area (Å²) in [6, 6.07) is 5.45. The van der Waals surface area contributed by atoms with E-state index in [0.717, 1.165) is 0 Å². The third-order valence-electron chi connectivity index (χ3n) is 2.68. The van der Waals surface area contributed by atoms with Gasteiger partial charge < -0.3 is 10.4 Å². The lowest BCUT2D eigenvalue weighted by atomic mass is 10.1. The number of nitrogens with one attached hydrogen (secondary N) is 1. The van der Waals surface area contributed by atoms with Gasteiger partial charge in [0.15, 0.2) is 11.6 Å². The van der Waals surface area contributed by atoms with Crippen molar-refractivity contribution in [3.8, 4) is 0 Å². The van der Waals surface area contributed by atoms with E-state index in [4.69, 9.17) is 5.11 Å². The Bertz CT molecular complexity index is 686. The molecule has 104 valence electrons. The summed E-state index contributed by atoms with van der Waals surface area (Å²) in [5.74, 6) is -4.56. The van der Waals surface area contributed by atoms with Gasteiger partial charge in [-0.05, 0) is 30.7 Å². The standard InChI is InChI=1S/C14H10F3NO2/c1-7-2-3-12(11(17)4-7)18-13-6-10(16)9(15)5-8(13)14(19)20/h2-6,18H,1H3,(H,19,20). The van der Waals surface area contributed by atoms with Crippen LogP contribution >= 0.6 is 0 Å². The highest BCUT2D eigenvalue weighted by Gasteiger charge is 2.16. The average Bonchev–Trinajstić information content (AvgIpc) is 2.36. The molecule has 6 heteroatoms. The summed E-state index contributed by atoms with van der Waals surface area (Å²) >= 11 is 0. The van der Waals surface area contributed by atoms with Crippen LogP contribution < -0.4 is 5.32 Å². The second-order valence-electron chi connectivity index (χ2n) is 4.23. The van der Waals surface area contributed by atoms with Crippen LogP contribution in [0, 0.1) is 24.4 Å². The van der Waals surface area contributed by atoms with Crippen molar-refractivity contribution in [3.63, 3.8) is 0 Å². The molecule has 2 aromatic rings. The van der Waals surface area contributed by atoms with Crippen LogP contribution in [0.2, 0.25) is 0 Å². The minimum Gasteiger partial charge on any atom is -0.478 e. The maximum atomic E-state index is 13.7. The Hall–Kier alpha value is -2.50. The molecule has 0 bridgehead atoms. The Morgan fingerprint density at radius 2 is 1.65 bits per heavy atom. The number of carbonyl (C=O) groups is 1. The molecule has 0 aliphatic carbocycles. The van der Waals surface area contributed by atoms with E-state index < -0.39 is 29.0 Å². The molecule has 20 heavy (non-hydrogen) atoms. The Morgan fingerprint density at radius 1 is 1.00 bits per heavy atom. The maximum absolute atomic E-state index is 13.7. The number of anilines is 2. The van der Waals surface area contributed by atoms with Crippen molar-refractivity contribution < 1.29 is 23.1 Å². The number of aromatic carboxylic acids is 1. The van der Waals surface area contributed by atoms with E-state index in [1.54, 1.807) is 13.0 Å². The van der Waals surface area contributed by atoms with Crippen molar-refractivity contribution in [3.05, 3.63) is 58.9 Å². The van der Waals surface area contributed by atoms with Gasteiger partial charge >= 0.3 is 5.97 Å². The molecule has 0 unspecified atom stereocenters. The number of carboxylic acids is 1. The van der Waals surface area contributed by atoms with Crippen LogP contribution in [0.5, 0.6) is 0 Å². The van der Waals surface area contributed by atoms with E-state index >= 15 is 0 Å². The zero-order valence-electron chi connectivity index (χ0n) is 10.4. The fourth-order valence-corrected chi connectivity index (χ4v) is 1.69. The largest absolute Gasteiger partial charge is 0.478 e. The Balaban J connectivity index is 2.47. The minimum atomic E-state index is -1.45. The molecular formula is C14H10F3NO2. The average molecular weight is 281 g/mol. The monoisotopic (exact) mass is 281 g/mol. The first kappa shape index (κ1) is 13.9. The molecule has 0 aliphatic heterocycles. The molecule has 0 atom stereocenters. The van der Waals surface area contributed by atoms with E-state index in [9.17, 15) is 18.0 Å². The topological polar surface area (TPSA) is 49.3 Å². The smallest absolute Gasteiger partial charge is 0.337 e. The molecule has 0 heterocycles. The van der Waals surface area contributed by atoms with E-state index in [0.29, 0.717) is 17.7 Å². The first-order valence-electron chi connectivity index (χ1n) is 5.64. The van der Waals surface area contributed by atoms with Crippen molar-refractivity contribution in [2.45, 2.75) is 6.92 Å². The molecule has 2 rings (SSSR count). The van der Waals surface area contributed by atoms with Gasteiger partial charge in [-0.25, -0.2) is 18.0 Å². The molecule has 2 aromatic carbocycles. The lowest BCUT2D eigenvalue weighted by molar-refractivity contribution is 0.0697. The predicted molar refractivity (Wildman–Crippen MR) is 67.7 cm³/mol. The minimum absolute atomic E-state index is 0.0240. The van der Waals surface area contributed by atoms with Gasteiger partial charge in [0.25, 0.3) is 0 Å². The SMILES string of the molecule is Cc1ccc(Nc2cc(F)c(F)cc2C(=O)O)c(F)c1. The van der Waals surface area contributed by atoms with Crippen molar-refractivity contribution in [2.24, 2.45) is 0 Å². The molecular weight excluding hydrogens is 271 g/mol. The second kappa shape index (κ2) is 5.24. The molecule has 0 fully saturated rings. The Labute approximate surface area is 112 Å². The van der Waals surface area contributed by atoms with E-state index in [1.165, 1.54) is 12.1 Å². The highest BCUT2D eigenvalue weighted by atomic mass is 19.2. The number of halogens is 3. The molecule has 0 aliphatic rings. The van der Waals surface area contributed by atoms with Crippen LogP contribution in [0.1, 0.15) is 15.9 Å². The van der Waals surface area contributed by atoms with Gasteiger partial charge in [-0.3, -0.25) is 0 Å².